The van der Waals surface area contributed by atoms with Crippen molar-refractivity contribution in [2.75, 3.05) is 5.32 Å². The van der Waals surface area contributed by atoms with Crippen LogP contribution in [-0.2, 0) is 9.59 Å². The molecular formula is C11H11N3O8. The Morgan fingerprint density at radius 2 is 1.82 bits per heavy atom. The summed E-state index contributed by atoms with van der Waals surface area (Å²) in [5, 5.41) is 41.4. The van der Waals surface area contributed by atoms with Gasteiger partial charge in [-0.25, -0.2) is 4.79 Å². The summed E-state index contributed by atoms with van der Waals surface area (Å²) in [4.78, 5) is 41.3. The van der Waals surface area contributed by atoms with Gasteiger partial charge in [-0.3, -0.25) is 25.0 Å². The molecule has 0 fully saturated rings. The molecule has 1 aromatic rings. The molecule has 0 saturated heterocycles. The Balaban J connectivity index is 3.08. The number of nitrogens with zero attached hydrogens (tertiary/aromatic N) is 2. The van der Waals surface area contributed by atoms with Crippen molar-refractivity contribution in [2.24, 2.45) is 0 Å². The maximum atomic E-state index is 11.0. The number of non-ortho nitro benzene ring substituents is 1. The fourth-order valence-corrected chi connectivity index (χ4v) is 1.62. The average molecular weight is 313 g/mol. The van der Waals surface area contributed by atoms with Crippen LogP contribution in [0.5, 0.6) is 0 Å². The Bertz CT molecular complexity index is 630. The molecular weight excluding hydrogens is 302 g/mol. The van der Waals surface area contributed by atoms with Gasteiger partial charge in [-0.1, -0.05) is 0 Å². The van der Waals surface area contributed by atoms with E-state index in [2.05, 4.69) is 5.32 Å². The zero-order chi connectivity index (χ0) is 16.9. The molecule has 0 amide bonds. The van der Waals surface area contributed by atoms with Crippen LogP contribution in [-0.4, -0.2) is 38.0 Å². The second-order valence-corrected chi connectivity index (χ2v) is 4.18. The molecule has 0 radical (unpaired) electrons. The van der Waals surface area contributed by atoms with E-state index in [1.807, 2.05) is 0 Å². The van der Waals surface area contributed by atoms with Crippen molar-refractivity contribution >= 4 is 29.0 Å². The van der Waals surface area contributed by atoms with Crippen molar-refractivity contribution in [2.45, 2.75) is 18.9 Å². The highest BCUT2D eigenvalue weighted by atomic mass is 16.6. The monoisotopic (exact) mass is 313 g/mol. The van der Waals surface area contributed by atoms with Crippen molar-refractivity contribution in [1.82, 2.24) is 0 Å². The number of aliphatic carboxylic acids is 2. The molecule has 0 spiro atoms. The van der Waals surface area contributed by atoms with Crippen LogP contribution in [0.2, 0.25) is 0 Å². The summed E-state index contributed by atoms with van der Waals surface area (Å²) < 4.78 is 0. The number of anilines is 1. The number of nitrogens with one attached hydrogen (secondary N) is 1. The van der Waals surface area contributed by atoms with Crippen LogP contribution in [0.25, 0.3) is 0 Å². The lowest BCUT2D eigenvalue weighted by Gasteiger charge is -2.14. The zero-order valence-electron chi connectivity index (χ0n) is 11.0. The normalized spacial score (nSPS) is 11.5. The number of rotatable bonds is 8. The molecule has 11 heteroatoms. The van der Waals surface area contributed by atoms with Gasteiger partial charge in [0.15, 0.2) is 0 Å². The second kappa shape index (κ2) is 6.97. The minimum atomic E-state index is -1.39. The largest absolute Gasteiger partial charge is 0.481 e. The van der Waals surface area contributed by atoms with Crippen molar-refractivity contribution in [3.05, 3.63) is 38.4 Å². The van der Waals surface area contributed by atoms with Gasteiger partial charge in [-0.2, -0.15) is 0 Å². The molecule has 1 rings (SSSR count). The lowest BCUT2D eigenvalue weighted by molar-refractivity contribution is -0.393. The summed E-state index contributed by atoms with van der Waals surface area (Å²) in [5.41, 5.74) is -1.43. The van der Waals surface area contributed by atoms with Gasteiger partial charge < -0.3 is 15.5 Å². The molecule has 0 saturated carbocycles. The lowest BCUT2D eigenvalue weighted by atomic mass is 10.1. The Labute approximate surface area is 122 Å². The minimum absolute atomic E-state index is 0.242. The van der Waals surface area contributed by atoms with E-state index in [-0.39, 0.29) is 12.1 Å². The third kappa shape index (κ3) is 4.40. The quantitative estimate of drug-likeness (QED) is 0.471. The molecule has 0 aromatic heterocycles. The number of carbonyl (C=O) groups is 2. The molecule has 1 aromatic carbocycles. The third-order valence-corrected chi connectivity index (χ3v) is 2.66. The Morgan fingerprint density at radius 1 is 1.18 bits per heavy atom. The molecule has 3 N–H and O–H groups in total. The predicted octanol–water partition coefficient (Wildman–Crippen LogP) is 1.23. The molecule has 22 heavy (non-hydrogen) atoms. The molecule has 0 heterocycles. The Kier molecular flexibility index (Phi) is 5.32. The number of nitro benzene ring substituents is 2. The summed E-state index contributed by atoms with van der Waals surface area (Å²) in [6.07, 6.45) is -0.760. The van der Waals surface area contributed by atoms with Crippen LogP contribution >= 0.6 is 0 Å². The third-order valence-electron chi connectivity index (χ3n) is 2.66. The van der Waals surface area contributed by atoms with Crippen LogP contribution in [0.1, 0.15) is 12.8 Å². The first-order valence-corrected chi connectivity index (χ1v) is 5.86. The first-order valence-electron chi connectivity index (χ1n) is 5.86. The van der Waals surface area contributed by atoms with E-state index in [0.717, 1.165) is 12.1 Å². The first-order chi connectivity index (χ1) is 10.2. The van der Waals surface area contributed by atoms with Crippen molar-refractivity contribution in [1.29, 1.82) is 0 Å². The van der Waals surface area contributed by atoms with E-state index < -0.39 is 45.6 Å². The van der Waals surface area contributed by atoms with E-state index in [1.54, 1.807) is 0 Å². The van der Waals surface area contributed by atoms with E-state index >= 15 is 0 Å². The molecule has 11 nitrogen and oxygen atoms in total. The Morgan fingerprint density at radius 3 is 2.27 bits per heavy atom. The average Bonchev–Trinajstić information content (AvgIpc) is 2.42. The van der Waals surface area contributed by atoms with Crippen molar-refractivity contribution < 1.29 is 29.6 Å². The SMILES string of the molecule is O=C(O)CC[C@@H](Nc1ccc([N+](=O)[O-])cc1[N+](=O)[O-])C(=O)O. The number of benzene rings is 1. The van der Waals surface area contributed by atoms with Crippen molar-refractivity contribution in [3.63, 3.8) is 0 Å². The van der Waals surface area contributed by atoms with E-state index in [9.17, 15) is 29.8 Å². The van der Waals surface area contributed by atoms with Crippen LogP contribution in [0, 0.1) is 20.2 Å². The minimum Gasteiger partial charge on any atom is -0.481 e. The van der Waals surface area contributed by atoms with Gasteiger partial charge in [0.1, 0.15) is 11.7 Å². The van der Waals surface area contributed by atoms with Crippen LogP contribution in [0.3, 0.4) is 0 Å². The highest BCUT2D eigenvalue weighted by Crippen LogP contribution is 2.29. The smallest absolute Gasteiger partial charge is 0.326 e. The summed E-state index contributed by atoms with van der Waals surface area (Å²) in [6.45, 7) is 0. The fourth-order valence-electron chi connectivity index (χ4n) is 1.62. The summed E-state index contributed by atoms with van der Waals surface area (Å²) >= 11 is 0. The van der Waals surface area contributed by atoms with E-state index in [1.165, 1.54) is 0 Å². The Hall–Kier alpha value is -3.24. The van der Waals surface area contributed by atoms with Crippen LogP contribution in [0.4, 0.5) is 17.1 Å². The number of carboxylic acids is 2. The molecule has 118 valence electrons. The molecule has 1 atom stereocenters. The second-order valence-electron chi connectivity index (χ2n) is 4.18. The number of carboxylic acid groups (broad SMARTS) is 2. The summed E-state index contributed by atoms with van der Waals surface area (Å²) in [7, 11) is 0. The van der Waals surface area contributed by atoms with Gasteiger partial charge in [0.2, 0.25) is 0 Å². The van der Waals surface area contributed by atoms with E-state index in [0.29, 0.717) is 6.07 Å². The highest BCUT2D eigenvalue weighted by Gasteiger charge is 2.25. The lowest BCUT2D eigenvalue weighted by Crippen LogP contribution is -2.30. The van der Waals surface area contributed by atoms with Crippen LogP contribution < -0.4 is 5.32 Å². The molecule has 0 aliphatic carbocycles. The summed E-state index contributed by atoms with van der Waals surface area (Å²) in [5.74, 6) is -2.61. The van der Waals surface area contributed by atoms with Crippen LogP contribution in [0.15, 0.2) is 18.2 Å². The maximum Gasteiger partial charge on any atom is 0.326 e. The van der Waals surface area contributed by atoms with Crippen molar-refractivity contribution in [3.8, 4) is 0 Å². The summed E-state index contributed by atoms with van der Waals surface area (Å²) in [6, 6.07) is 1.30. The highest BCUT2D eigenvalue weighted by molar-refractivity contribution is 5.80. The predicted molar refractivity (Wildman–Crippen MR) is 71.7 cm³/mol. The van der Waals surface area contributed by atoms with Gasteiger partial charge >= 0.3 is 11.9 Å². The van der Waals surface area contributed by atoms with Gasteiger partial charge in [-0.15, -0.1) is 0 Å². The topological polar surface area (TPSA) is 173 Å². The number of hydrogen-bond donors (Lipinski definition) is 3. The number of hydrogen-bond acceptors (Lipinski definition) is 7. The standard InChI is InChI=1S/C11H11N3O8/c15-10(16)4-3-8(11(17)18)12-7-2-1-6(13(19)20)5-9(7)14(21)22/h1-2,5,8,12H,3-4H2,(H,15,16)(H,17,18)/t8-/m1/s1. The van der Waals surface area contributed by atoms with Gasteiger partial charge in [0.05, 0.1) is 15.9 Å². The zero-order valence-corrected chi connectivity index (χ0v) is 11.0. The maximum absolute atomic E-state index is 11.0. The van der Waals surface area contributed by atoms with Gasteiger partial charge in [0.25, 0.3) is 11.4 Å². The van der Waals surface area contributed by atoms with E-state index in [4.69, 9.17) is 10.2 Å². The molecule has 0 aliphatic heterocycles. The molecule has 0 unspecified atom stereocenters. The molecule has 0 aliphatic rings. The first kappa shape index (κ1) is 16.8. The van der Waals surface area contributed by atoms with Gasteiger partial charge in [-0.05, 0) is 12.5 Å². The van der Waals surface area contributed by atoms with Gasteiger partial charge in [0, 0.05) is 12.5 Å². The fraction of sp³-hybridized carbons (Fsp3) is 0.273. The molecule has 0 bridgehead atoms. The number of nitro groups is 2.